The van der Waals surface area contributed by atoms with Crippen LogP contribution in [-0.2, 0) is 31.1 Å². The van der Waals surface area contributed by atoms with E-state index in [2.05, 4.69) is 27.0 Å². The van der Waals surface area contributed by atoms with Crippen molar-refractivity contribution in [1.29, 1.82) is 0 Å². The van der Waals surface area contributed by atoms with Crippen LogP contribution in [-0.4, -0.2) is 96.9 Å². The Morgan fingerprint density at radius 2 is 1.45 bits per heavy atom. The van der Waals surface area contributed by atoms with E-state index >= 15 is 14.4 Å². The Balaban J connectivity index is 1.08. The Labute approximate surface area is 400 Å². The maximum absolute atomic E-state index is 16.1. The topological polar surface area (TPSA) is 139 Å². The van der Waals surface area contributed by atoms with Crippen LogP contribution in [0.25, 0.3) is 0 Å². The van der Waals surface area contributed by atoms with Crippen LogP contribution >= 0.6 is 0 Å². The van der Waals surface area contributed by atoms with Crippen LogP contribution in [0.1, 0.15) is 57.1 Å². The first-order valence-electron chi connectivity index (χ1n) is 23.3. The average molecular weight is 923 g/mol. The normalized spacial score (nSPS) is 23.6. The fraction of sp³-hybridized carbons (Fsp3) is 0.268. The molecule has 13 heteroatoms. The van der Waals surface area contributed by atoms with E-state index in [0.29, 0.717) is 72.4 Å². The van der Waals surface area contributed by atoms with Gasteiger partial charge in [0.05, 0.1) is 31.7 Å². The number of benzene rings is 6. The second kappa shape index (κ2) is 18.5. The molecule has 6 atom stereocenters. The van der Waals surface area contributed by atoms with Gasteiger partial charge in [-0.1, -0.05) is 90.7 Å². The Morgan fingerprint density at radius 3 is 2.20 bits per heavy atom. The molecule has 2 amide bonds. The lowest BCUT2D eigenvalue weighted by atomic mass is 9.65. The predicted octanol–water partition coefficient (Wildman–Crippen LogP) is 6.81. The van der Waals surface area contributed by atoms with Crippen molar-refractivity contribution in [2.45, 2.75) is 36.2 Å². The molecule has 6 unspecified atom stereocenters. The number of morpholine rings is 1. The lowest BCUT2D eigenvalue weighted by Gasteiger charge is -2.46. The van der Waals surface area contributed by atoms with Gasteiger partial charge in [0.1, 0.15) is 35.7 Å². The SMILES string of the molecule is COc1ccc(C#Cc2ccc3c(c2)C2(C(=O)N3)C(C(=O)N3CCN(Cc4ccc5c(c4)OCO5)CC3)C3C(=O)OC(c4ccccc4)C(c4ccccc4)N3C2c2cccc(OCCO)c2)cc1. The summed E-state index contributed by atoms with van der Waals surface area (Å²) in [7, 11) is 1.61. The summed E-state index contributed by atoms with van der Waals surface area (Å²) in [6.45, 7) is 2.52. The first-order chi connectivity index (χ1) is 33.8. The van der Waals surface area contributed by atoms with Gasteiger partial charge in [0.2, 0.25) is 18.6 Å². The average Bonchev–Trinajstić information content (AvgIpc) is 4.08. The van der Waals surface area contributed by atoms with E-state index in [-0.39, 0.29) is 25.9 Å². The molecule has 3 fully saturated rings. The van der Waals surface area contributed by atoms with Crippen LogP contribution in [0, 0.1) is 17.8 Å². The third-order valence-electron chi connectivity index (χ3n) is 14.1. The number of hydrogen-bond acceptors (Lipinski definition) is 11. The third kappa shape index (κ3) is 7.90. The minimum Gasteiger partial charge on any atom is -0.497 e. The number of nitrogens with zero attached hydrogens (tertiary/aromatic N) is 3. The monoisotopic (exact) mass is 922 g/mol. The molecule has 2 N–H and O–H groups in total. The summed E-state index contributed by atoms with van der Waals surface area (Å²) in [5, 5.41) is 13.0. The van der Waals surface area contributed by atoms with Crippen LogP contribution in [0.5, 0.6) is 23.0 Å². The molecule has 6 aromatic carbocycles. The Bertz CT molecular complexity index is 2970. The first kappa shape index (κ1) is 43.9. The molecular formula is C56H50N4O9. The van der Waals surface area contributed by atoms with Gasteiger partial charge in [-0.2, -0.15) is 0 Å². The highest BCUT2D eigenvalue weighted by Gasteiger charge is 2.74. The largest absolute Gasteiger partial charge is 0.497 e. The van der Waals surface area contributed by atoms with Gasteiger partial charge in [0, 0.05) is 49.5 Å². The van der Waals surface area contributed by atoms with E-state index in [9.17, 15) is 5.11 Å². The minimum atomic E-state index is -1.70. The molecule has 348 valence electrons. The Kier molecular flexibility index (Phi) is 11.7. The third-order valence-corrected chi connectivity index (χ3v) is 14.1. The molecule has 0 bridgehead atoms. The number of nitrogens with one attached hydrogen (secondary N) is 1. The van der Waals surface area contributed by atoms with Gasteiger partial charge >= 0.3 is 5.97 Å². The van der Waals surface area contributed by atoms with Gasteiger partial charge in [0.25, 0.3) is 0 Å². The van der Waals surface area contributed by atoms with Gasteiger partial charge in [-0.05, 0) is 94.5 Å². The maximum Gasteiger partial charge on any atom is 0.324 e. The molecule has 69 heavy (non-hydrogen) atoms. The zero-order valence-corrected chi connectivity index (χ0v) is 38.0. The molecule has 5 aliphatic rings. The molecule has 5 heterocycles. The minimum absolute atomic E-state index is 0.0436. The summed E-state index contributed by atoms with van der Waals surface area (Å²) in [5.41, 5.74) is 4.11. The van der Waals surface area contributed by atoms with Crippen molar-refractivity contribution in [3.63, 3.8) is 0 Å². The van der Waals surface area contributed by atoms with E-state index in [1.807, 2.05) is 144 Å². The molecule has 0 aliphatic carbocycles. The number of rotatable bonds is 10. The highest BCUT2D eigenvalue weighted by atomic mass is 16.7. The van der Waals surface area contributed by atoms with Crippen LogP contribution in [0.3, 0.4) is 0 Å². The van der Waals surface area contributed by atoms with Crippen molar-refractivity contribution in [3.05, 3.63) is 185 Å². The number of fused-ring (bicyclic) bond motifs is 4. The van der Waals surface area contributed by atoms with Crippen LogP contribution in [0.2, 0.25) is 0 Å². The summed E-state index contributed by atoms with van der Waals surface area (Å²) in [6, 6.07) is 43.1. The van der Waals surface area contributed by atoms with Crippen molar-refractivity contribution >= 4 is 23.5 Å². The summed E-state index contributed by atoms with van der Waals surface area (Å²) >= 11 is 0. The fourth-order valence-corrected chi connectivity index (χ4v) is 11.0. The molecule has 6 aromatic rings. The summed E-state index contributed by atoms with van der Waals surface area (Å²) < 4.78 is 29.2. The van der Waals surface area contributed by atoms with Crippen LogP contribution < -0.4 is 24.3 Å². The molecule has 11 rings (SSSR count). The van der Waals surface area contributed by atoms with Gasteiger partial charge < -0.3 is 39.0 Å². The smallest absolute Gasteiger partial charge is 0.324 e. The highest BCUT2D eigenvalue weighted by molar-refractivity contribution is 6.12. The number of piperazine rings is 1. The van der Waals surface area contributed by atoms with Crippen LogP contribution in [0.15, 0.2) is 146 Å². The number of carbonyl (C=O) groups is 3. The van der Waals surface area contributed by atoms with Gasteiger partial charge in [0.15, 0.2) is 11.5 Å². The van der Waals surface area contributed by atoms with Gasteiger partial charge in [-0.3, -0.25) is 24.2 Å². The van der Waals surface area contributed by atoms with Gasteiger partial charge in [-0.25, -0.2) is 0 Å². The number of ether oxygens (including phenoxy) is 5. The number of aliphatic hydroxyl groups excluding tert-OH is 1. The first-order valence-corrected chi connectivity index (χ1v) is 23.3. The number of cyclic esters (lactones) is 1. The van der Waals surface area contributed by atoms with E-state index in [1.54, 1.807) is 13.2 Å². The van der Waals surface area contributed by atoms with Crippen molar-refractivity contribution < 1.29 is 43.2 Å². The maximum atomic E-state index is 16.1. The highest BCUT2D eigenvalue weighted by Crippen LogP contribution is 2.65. The number of carbonyl (C=O) groups excluding carboxylic acids is 3. The lowest BCUT2D eigenvalue weighted by Crippen LogP contribution is -2.58. The number of hydrogen-bond donors (Lipinski definition) is 2. The molecule has 0 saturated carbocycles. The van der Waals surface area contributed by atoms with Gasteiger partial charge in [-0.15, -0.1) is 0 Å². The van der Waals surface area contributed by atoms with E-state index in [0.717, 1.165) is 28.0 Å². The molecular weight excluding hydrogens is 873 g/mol. The van der Waals surface area contributed by atoms with E-state index < -0.39 is 47.4 Å². The molecule has 13 nitrogen and oxygen atoms in total. The van der Waals surface area contributed by atoms with Crippen molar-refractivity contribution in [3.8, 4) is 34.8 Å². The second-order valence-corrected chi connectivity index (χ2v) is 17.9. The van der Waals surface area contributed by atoms with Crippen molar-refractivity contribution in [2.75, 3.05) is 58.6 Å². The zero-order valence-electron chi connectivity index (χ0n) is 38.0. The summed E-state index contributed by atoms with van der Waals surface area (Å²) in [4.78, 5) is 53.5. The number of methoxy groups -OCH3 is 1. The van der Waals surface area contributed by atoms with E-state index in [4.69, 9.17) is 23.7 Å². The second-order valence-electron chi connectivity index (χ2n) is 17.9. The Morgan fingerprint density at radius 1 is 0.739 bits per heavy atom. The molecule has 0 radical (unpaired) electrons. The summed E-state index contributed by atoms with van der Waals surface area (Å²) in [5.74, 6) is 6.62. The van der Waals surface area contributed by atoms with Crippen molar-refractivity contribution in [2.24, 2.45) is 5.92 Å². The standard InChI is InChI=1S/C56H50N4O9/c1-65-42-21-17-36(18-22-42)15-16-37-19-23-45-44(31-37)56(55(64)57-45)48(53(62)59-27-25-58(26-28-59)34-38-20-24-46-47(32-38)68-35-67-46)50-54(63)69-51(40-11-6-3-7-12-40)49(39-9-4-2-5-10-39)60(50)52(56)41-13-8-14-43(33-41)66-30-29-61/h2-14,17-24,31-33,48-52,61H,25-30,34-35H2,1H3,(H,57,64). The lowest BCUT2D eigenvalue weighted by molar-refractivity contribution is -0.179. The number of amides is 2. The number of esters is 1. The number of anilines is 1. The molecule has 5 aliphatic heterocycles. The molecule has 1 spiro atoms. The van der Waals surface area contributed by atoms with Crippen LogP contribution in [0.4, 0.5) is 5.69 Å². The molecule has 3 saturated heterocycles. The summed E-state index contributed by atoms with van der Waals surface area (Å²) in [6.07, 6.45) is -0.815. The fourth-order valence-electron chi connectivity index (χ4n) is 11.0. The predicted molar refractivity (Wildman–Crippen MR) is 255 cm³/mol. The zero-order chi connectivity index (χ0) is 47.1. The van der Waals surface area contributed by atoms with Crippen molar-refractivity contribution in [1.82, 2.24) is 14.7 Å². The Hall–Kier alpha value is -7.63. The molecule has 0 aromatic heterocycles. The quantitative estimate of drug-likeness (QED) is 0.111. The van der Waals surface area contributed by atoms with E-state index in [1.165, 1.54) is 0 Å². The number of aliphatic hydroxyl groups is 1.